The van der Waals surface area contributed by atoms with Crippen molar-refractivity contribution in [1.29, 1.82) is 0 Å². The zero-order valence-corrected chi connectivity index (χ0v) is 18.7. The van der Waals surface area contributed by atoms with Gasteiger partial charge in [0.15, 0.2) is 5.60 Å². The van der Waals surface area contributed by atoms with E-state index in [-0.39, 0.29) is 23.4 Å². The quantitative estimate of drug-likeness (QED) is 0.459. The molecule has 0 spiro atoms. The van der Waals surface area contributed by atoms with Crippen molar-refractivity contribution in [3.05, 3.63) is 46.9 Å². The Balaban J connectivity index is 1.56. The summed E-state index contributed by atoms with van der Waals surface area (Å²) in [5.74, 6) is -0.469. The summed E-state index contributed by atoms with van der Waals surface area (Å²) in [4.78, 5) is 33.2. The number of pyridine rings is 2. The topological polar surface area (TPSA) is 121 Å². The molecule has 0 fully saturated rings. The molecule has 0 aromatic carbocycles. The van der Waals surface area contributed by atoms with Gasteiger partial charge in [-0.1, -0.05) is 22.9 Å². The summed E-state index contributed by atoms with van der Waals surface area (Å²) in [7, 11) is 1.68. The number of halogens is 1. The Hall–Kier alpha value is -3.53. The van der Waals surface area contributed by atoms with E-state index in [0.29, 0.717) is 28.3 Å². The van der Waals surface area contributed by atoms with Crippen LogP contribution in [-0.4, -0.2) is 42.4 Å². The first-order valence-corrected chi connectivity index (χ1v) is 10.2. The summed E-state index contributed by atoms with van der Waals surface area (Å²) in [6.07, 6.45) is 0.910. The standard InChI is InChI=1S/C21H21ClN6O4/c1-11(12-6-5-9-23-18(12)22)31-16(29)10-15-17(26-27-28(15)4)13-7-8-14-19(24-13)32-21(2,3)20(30)25-14/h5-9,11H,10H2,1-4H3,(H,25,30)/t11-/m1/s1. The monoisotopic (exact) mass is 456 g/mol. The second-order valence-corrected chi connectivity index (χ2v) is 8.17. The molecule has 0 aliphatic carbocycles. The Morgan fingerprint density at radius 3 is 2.88 bits per heavy atom. The third-order valence-electron chi connectivity index (χ3n) is 5.04. The highest BCUT2D eigenvalue weighted by molar-refractivity contribution is 6.30. The third kappa shape index (κ3) is 4.13. The lowest BCUT2D eigenvalue weighted by molar-refractivity contribution is -0.147. The maximum atomic E-state index is 12.6. The lowest BCUT2D eigenvalue weighted by Gasteiger charge is -2.30. The van der Waals surface area contributed by atoms with Crippen LogP contribution >= 0.6 is 11.6 Å². The van der Waals surface area contributed by atoms with E-state index in [2.05, 4.69) is 25.6 Å². The van der Waals surface area contributed by atoms with Gasteiger partial charge in [0, 0.05) is 18.8 Å². The summed E-state index contributed by atoms with van der Waals surface area (Å²) in [6.45, 7) is 5.03. The van der Waals surface area contributed by atoms with Gasteiger partial charge >= 0.3 is 5.97 Å². The van der Waals surface area contributed by atoms with E-state index in [9.17, 15) is 9.59 Å². The Labute approximate surface area is 188 Å². The normalized spacial score (nSPS) is 15.3. The third-order valence-corrected chi connectivity index (χ3v) is 5.35. The molecule has 1 atom stereocenters. The number of amides is 1. The van der Waals surface area contributed by atoms with Gasteiger partial charge in [0.2, 0.25) is 5.88 Å². The molecule has 1 aliphatic rings. The smallest absolute Gasteiger partial charge is 0.312 e. The molecule has 4 heterocycles. The van der Waals surface area contributed by atoms with Gasteiger partial charge in [-0.3, -0.25) is 14.3 Å². The fourth-order valence-corrected chi connectivity index (χ4v) is 3.49. The van der Waals surface area contributed by atoms with E-state index in [4.69, 9.17) is 21.1 Å². The molecule has 11 heteroatoms. The van der Waals surface area contributed by atoms with Gasteiger partial charge in [0.25, 0.3) is 5.91 Å². The number of ether oxygens (including phenoxy) is 2. The van der Waals surface area contributed by atoms with E-state index < -0.39 is 17.7 Å². The Morgan fingerprint density at radius 2 is 2.12 bits per heavy atom. The molecule has 3 aromatic rings. The van der Waals surface area contributed by atoms with Crippen LogP contribution in [0.1, 0.15) is 38.1 Å². The number of carbonyl (C=O) groups excluding carboxylic acids is 2. The average molecular weight is 457 g/mol. The molecule has 0 unspecified atom stereocenters. The predicted molar refractivity (Wildman–Crippen MR) is 115 cm³/mol. The highest BCUT2D eigenvalue weighted by Crippen LogP contribution is 2.34. The minimum Gasteiger partial charge on any atom is -0.460 e. The number of fused-ring (bicyclic) bond motifs is 1. The maximum Gasteiger partial charge on any atom is 0.312 e. The van der Waals surface area contributed by atoms with Gasteiger partial charge in [-0.25, -0.2) is 9.97 Å². The number of hydrogen-bond donors (Lipinski definition) is 1. The average Bonchev–Trinajstić information content (AvgIpc) is 3.08. The molecular formula is C21H21ClN6O4. The number of rotatable bonds is 5. The minimum atomic E-state index is -1.06. The van der Waals surface area contributed by atoms with Crippen molar-refractivity contribution in [2.45, 2.75) is 38.9 Å². The highest BCUT2D eigenvalue weighted by atomic mass is 35.5. The summed E-state index contributed by atoms with van der Waals surface area (Å²) in [5.41, 5.74) is 1.41. The van der Waals surface area contributed by atoms with Gasteiger partial charge in [-0.05, 0) is 39.0 Å². The van der Waals surface area contributed by atoms with Crippen LogP contribution in [0.4, 0.5) is 5.69 Å². The number of aryl methyl sites for hydroxylation is 1. The van der Waals surface area contributed by atoms with Gasteiger partial charge in [-0.15, -0.1) is 5.10 Å². The number of anilines is 1. The number of hydrogen-bond acceptors (Lipinski definition) is 8. The first-order valence-electron chi connectivity index (χ1n) is 9.86. The van der Waals surface area contributed by atoms with Crippen molar-refractivity contribution in [3.63, 3.8) is 0 Å². The zero-order valence-electron chi connectivity index (χ0n) is 17.9. The minimum absolute atomic E-state index is 0.0805. The molecule has 166 valence electrons. The fourth-order valence-electron chi connectivity index (χ4n) is 3.22. The predicted octanol–water partition coefficient (Wildman–Crippen LogP) is 2.88. The van der Waals surface area contributed by atoms with Crippen LogP contribution in [0.25, 0.3) is 11.4 Å². The zero-order chi connectivity index (χ0) is 23.0. The van der Waals surface area contributed by atoms with Gasteiger partial charge in [-0.2, -0.15) is 0 Å². The molecule has 1 N–H and O–H groups in total. The molecule has 3 aromatic heterocycles. The fraction of sp³-hybridized carbons (Fsp3) is 0.333. The van der Waals surface area contributed by atoms with Crippen LogP contribution in [0, 0.1) is 0 Å². The van der Waals surface area contributed by atoms with E-state index in [0.717, 1.165) is 0 Å². The summed E-state index contributed by atoms with van der Waals surface area (Å²) in [5, 5.41) is 11.2. The molecular weight excluding hydrogens is 436 g/mol. The summed E-state index contributed by atoms with van der Waals surface area (Å²) < 4.78 is 12.8. The lowest BCUT2D eigenvalue weighted by atomic mass is 10.1. The van der Waals surface area contributed by atoms with Crippen LogP contribution in [0.5, 0.6) is 5.88 Å². The second-order valence-electron chi connectivity index (χ2n) is 7.82. The van der Waals surface area contributed by atoms with Crippen molar-refractivity contribution < 1.29 is 19.1 Å². The first kappa shape index (κ1) is 21.7. The van der Waals surface area contributed by atoms with Crippen LogP contribution in [0.2, 0.25) is 5.15 Å². The van der Waals surface area contributed by atoms with E-state index in [1.54, 1.807) is 58.3 Å². The van der Waals surface area contributed by atoms with Crippen molar-refractivity contribution in [2.75, 3.05) is 5.32 Å². The van der Waals surface area contributed by atoms with Crippen LogP contribution in [0.3, 0.4) is 0 Å². The van der Waals surface area contributed by atoms with Crippen LogP contribution < -0.4 is 10.1 Å². The van der Waals surface area contributed by atoms with Crippen molar-refractivity contribution in [2.24, 2.45) is 7.05 Å². The first-order chi connectivity index (χ1) is 15.2. The molecule has 0 saturated carbocycles. The van der Waals surface area contributed by atoms with Crippen molar-refractivity contribution in [1.82, 2.24) is 25.0 Å². The van der Waals surface area contributed by atoms with E-state index in [1.165, 1.54) is 4.68 Å². The number of aromatic nitrogens is 5. The number of nitrogens with zero attached hydrogens (tertiary/aromatic N) is 5. The van der Waals surface area contributed by atoms with Gasteiger partial charge < -0.3 is 14.8 Å². The second kappa shape index (κ2) is 8.19. The Morgan fingerprint density at radius 1 is 1.34 bits per heavy atom. The summed E-state index contributed by atoms with van der Waals surface area (Å²) >= 11 is 6.09. The molecule has 0 radical (unpaired) electrons. The van der Waals surface area contributed by atoms with E-state index in [1.807, 2.05) is 0 Å². The number of esters is 1. The molecule has 1 amide bonds. The molecule has 0 bridgehead atoms. The Bertz CT molecular complexity index is 1210. The SMILES string of the molecule is C[C@@H](OC(=O)Cc1c(-c2ccc3c(n2)OC(C)(C)C(=O)N3)nnn1C)c1cccnc1Cl. The number of nitrogens with one attached hydrogen (secondary N) is 1. The van der Waals surface area contributed by atoms with Crippen LogP contribution in [-0.2, 0) is 27.8 Å². The van der Waals surface area contributed by atoms with Crippen molar-refractivity contribution >= 4 is 29.2 Å². The molecule has 32 heavy (non-hydrogen) atoms. The number of carbonyl (C=O) groups is 2. The van der Waals surface area contributed by atoms with Gasteiger partial charge in [0.1, 0.15) is 22.6 Å². The van der Waals surface area contributed by atoms with Gasteiger partial charge in [0.05, 0.1) is 17.8 Å². The highest BCUT2D eigenvalue weighted by Gasteiger charge is 2.36. The lowest BCUT2D eigenvalue weighted by Crippen LogP contribution is -2.46. The van der Waals surface area contributed by atoms with Crippen LogP contribution in [0.15, 0.2) is 30.5 Å². The maximum absolute atomic E-state index is 12.6. The molecule has 10 nitrogen and oxygen atoms in total. The largest absolute Gasteiger partial charge is 0.460 e. The van der Waals surface area contributed by atoms with E-state index >= 15 is 0 Å². The molecule has 0 saturated heterocycles. The van der Waals surface area contributed by atoms with Crippen molar-refractivity contribution in [3.8, 4) is 17.3 Å². The molecule has 1 aliphatic heterocycles. The molecule has 4 rings (SSSR count). The summed E-state index contributed by atoms with van der Waals surface area (Å²) in [6, 6.07) is 6.83. The Kier molecular flexibility index (Phi) is 5.55.